The lowest BCUT2D eigenvalue weighted by molar-refractivity contribution is 0.0986. The number of hydrogen-bond donors (Lipinski definition) is 0. The van der Waals surface area contributed by atoms with E-state index in [1.54, 1.807) is 11.3 Å². The number of nitrogens with zero attached hydrogens (tertiary/aromatic N) is 3. The monoisotopic (exact) mass is 467 g/mol. The van der Waals surface area contributed by atoms with Gasteiger partial charge in [-0.2, -0.15) is 0 Å². The van der Waals surface area contributed by atoms with Gasteiger partial charge in [0.2, 0.25) is 0 Å². The highest BCUT2D eigenvalue weighted by Gasteiger charge is 2.21. The summed E-state index contributed by atoms with van der Waals surface area (Å²) < 4.78 is 2.07. The quantitative estimate of drug-likeness (QED) is 0.487. The van der Waals surface area contributed by atoms with Gasteiger partial charge in [-0.15, -0.1) is 12.4 Å². The zero-order valence-corrected chi connectivity index (χ0v) is 18.8. The highest BCUT2D eigenvalue weighted by molar-refractivity contribution is 9.10. The molecule has 2 aromatic carbocycles. The van der Waals surface area contributed by atoms with E-state index in [1.807, 2.05) is 49.3 Å². The molecule has 0 spiro atoms. The van der Waals surface area contributed by atoms with Crippen LogP contribution in [0.4, 0.5) is 5.13 Å². The number of benzene rings is 2. The van der Waals surface area contributed by atoms with Crippen molar-refractivity contribution in [2.75, 3.05) is 32.1 Å². The van der Waals surface area contributed by atoms with E-state index in [0.29, 0.717) is 12.1 Å². The van der Waals surface area contributed by atoms with Crippen LogP contribution in [-0.4, -0.2) is 43.0 Å². The van der Waals surface area contributed by atoms with Gasteiger partial charge in [-0.1, -0.05) is 39.4 Å². The van der Waals surface area contributed by atoms with Gasteiger partial charge in [0.15, 0.2) is 5.13 Å². The summed E-state index contributed by atoms with van der Waals surface area (Å²) in [7, 11) is 4.09. The van der Waals surface area contributed by atoms with Crippen molar-refractivity contribution in [3.63, 3.8) is 0 Å². The Hall–Kier alpha value is -1.47. The SMILES string of the molecule is Cc1cccc2sc(N(CCCN(C)C)C(=O)c3ccc(Br)cc3)nc12.Cl. The van der Waals surface area contributed by atoms with Crippen LogP contribution in [-0.2, 0) is 0 Å². The Labute approximate surface area is 178 Å². The number of thiazole rings is 1. The van der Waals surface area contributed by atoms with Crippen LogP contribution in [0.2, 0.25) is 0 Å². The molecule has 4 nitrogen and oxygen atoms in total. The third-order valence-electron chi connectivity index (χ3n) is 4.16. The van der Waals surface area contributed by atoms with Gasteiger partial charge in [0.05, 0.1) is 10.2 Å². The van der Waals surface area contributed by atoms with E-state index < -0.39 is 0 Å². The summed E-state index contributed by atoms with van der Waals surface area (Å²) in [6.07, 6.45) is 0.893. The molecule has 0 aliphatic heterocycles. The minimum Gasteiger partial charge on any atom is -0.309 e. The lowest BCUT2D eigenvalue weighted by Crippen LogP contribution is -2.33. The van der Waals surface area contributed by atoms with Crippen LogP contribution in [0, 0.1) is 6.92 Å². The average Bonchev–Trinajstić information content (AvgIpc) is 3.04. The Morgan fingerprint density at radius 1 is 1.11 bits per heavy atom. The topological polar surface area (TPSA) is 36.4 Å². The molecule has 0 saturated carbocycles. The molecule has 0 N–H and O–H groups in total. The predicted molar refractivity (Wildman–Crippen MR) is 121 cm³/mol. The Balaban J connectivity index is 0.00000261. The summed E-state index contributed by atoms with van der Waals surface area (Å²) in [4.78, 5) is 21.9. The molecule has 1 heterocycles. The molecule has 3 aromatic rings. The zero-order chi connectivity index (χ0) is 18.7. The van der Waals surface area contributed by atoms with Crippen molar-refractivity contribution in [3.05, 3.63) is 58.1 Å². The summed E-state index contributed by atoms with van der Waals surface area (Å²) in [5.41, 5.74) is 2.79. The number of fused-ring (bicyclic) bond motifs is 1. The number of hydrogen-bond acceptors (Lipinski definition) is 4. The molecule has 0 fully saturated rings. The van der Waals surface area contributed by atoms with Gasteiger partial charge in [-0.3, -0.25) is 9.69 Å². The smallest absolute Gasteiger partial charge is 0.260 e. The fourth-order valence-corrected chi connectivity index (χ4v) is 4.10. The number of halogens is 2. The average molecular weight is 469 g/mol. The minimum atomic E-state index is -0.00651. The van der Waals surface area contributed by atoms with Crippen molar-refractivity contribution in [3.8, 4) is 0 Å². The molecule has 0 bridgehead atoms. The standard InChI is InChI=1S/C20H22BrN3OS.ClH/c1-14-6-4-7-17-18(14)22-20(26-17)24(13-5-12-23(2)3)19(25)15-8-10-16(21)11-9-15;/h4,6-11H,5,12-13H2,1-3H3;1H. The van der Waals surface area contributed by atoms with Crippen molar-refractivity contribution >= 4 is 60.9 Å². The van der Waals surface area contributed by atoms with Gasteiger partial charge < -0.3 is 4.90 Å². The van der Waals surface area contributed by atoms with E-state index in [-0.39, 0.29) is 18.3 Å². The minimum absolute atomic E-state index is 0. The van der Waals surface area contributed by atoms with E-state index >= 15 is 0 Å². The number of anilines is 1. The third kappa shape index (κ3) is 5.29. The van der Waals surface area contributed by atoms with Crippen LogP contribution in [0.3, 0.4) is 0 Å². The molecule has 1 aromatic heterocycles. The van der Waals surface area contributed by atoms with E-state index in [2.05, 4.69) is 39.9 Å². The number of amides is 1. The number of rotatable bonds is 6. The first kappa shape index (κ1) is 21.8. The fraction of sp³-hybridized carbons (Fsp3) is 0.300. The van der Waals surface area contributed by atoms with Gasteiger partial charge in [0.1, 0.15) is 0 Å². The molecule has 3 rings (SSSR count). The normalized spacial score (nSPS) is 10.9. The maximum atomic E-state index is 13.2. The lowest BCUT2D eigenvalue weighted by atomic mass is 10.2. The first-order valence-corrected chi connectivity index (χ1v) is 10.1. The van der Waals surface area contributed by atoms with Gasteiger partial charge in [0.25, 0.3) is 5.91 Å². The Bertz CT molecular complexity index is 911. The molecule has 0 saturated heterocycles. The maximum absolute atomic E-state index is 13.2. The Kier molecular flexibility index (Phi) is 7.79. The number of aryl methyl sites for hydroxylation is 1. The summed E-state index contributed by atoms with van der Waals surface area (Å²) in [5, 5.41) is 0.765. The molecule has 0 radical (unpaired) electrons. The van der Waals surface area contributed by atoms with Crippen LogP contribution in [0.25, 0.3) is 10.2 Å². The largest absolute Gasteiger partial charge is 0.309 e. The van der Waals surface area contributed by atoms with Gasteiger partial charge in [-0.05, 0) is 69.9 Å². The maximum Gasteiger partial charge on any atom is 0.260 e. The summed E-state index contributed by atoms with van der Waals surface area (Å²) in [6.45, 7) is 3.62. The van der Waals surface area contributed by atoms with Crippen molar-refractivity contribution in [1.29, 1.82) is 0 Å². The van der Waals surface area contributed by atoms with E-state index in [1.165, 1.54) is 0 Å². The van der Waals surface area contributed by atoms with Crippen molar-refractivity contribution in [2.24, 2.45) is 0 Å². The highest BCUT2D eigenvalue weighted by atomic mass is 79.9. The van der Waals surface area contributed by atoms with Crippen molar-refractivity contribution in [2.45, 2.75) is 13.3 Å². The fourth-order valence-electron chi connectivity index (χ4n) is 2.77. The van der Waals surface area contributed by atoms with Crippen LogP contribution >= 0.6 is 39.7 Å². The van der Waals surface area contributed by atoms with E-state index in [0.717, 1.165) is 38.3 Å². The van der Waals surface area contributed by atoms with Crippen LogP contribution in [0.1, 0.15) is 22.3 Å². The molecule has 27 heavy (non-hydrogen) atoms. The molecular weight excluding hydrogens is 446 g/mol. The van der Waals surface area contributed by atoms with Crippen LogP contribution in [0.5, 0.6) is 0 Å². The first-order chi connectivity index (χ1) is 12.5. The first-order valence-electron chi connectivity index (χ1n) is 8.54. The van der Waals surface area contributed by atoms with Gasteiger partial charge in [-0.25, -0.2) is 4.98 Å². The van der Waals surface area contributed by atoms with E-state index in [9.17, 15) is 4.79 Å². The Morgan fingerprint density at radius 3 is 2.44 bits per heavy atom. The van der Waals surface area contributed by atoms with Crippen molar-refractivity contribution in [1.82, 2.24) is 9.88 Å². The van der Waals surface area contributed by atoms with Crippen LogP contribution < -0.4 is 4.90 Å². The lowest BCUT2D eigenvalue weighted by Gasteiger charge is -2.21. The number of aromatic nitrogens is 1. The second-order valence-electron chi connectivity index (χ2n) is 6.54. The molecule has 144 valence electrons. The number of carbonyl (C=O) groups is 1. The number of carbonyl (C=O) groups excluding carboxylic acids is 1. The second-order valence-corrected chi connectivity index (χ2v) is 8.46. The molecule has 7 heteroatoms. The highest BCUT2D eigenvalue weighted by Crippen LogP contribution is 2.31. The molecular formula is C20H23BrClN3OS. The third-order valence-corrected chi connectivity index (χ3v) is 5.74. The van der Waals surface area contributed by atoms with E-state index in [4.69, 9.17) is 4.98 Å². The number of para-hydroxylation sites is 1. The molecule has 0 aliphatic carbocycles. The summed E-state index contributed by atoms with van der Waals surface area (Å²) in [5.74, 6) is -0.00651. The predicted octanol–water partition coefficient (Wildman–Crippen LogP) is 5.39. The zero-order valence-electron chi connectivity index (χ0n) is 15.6. The van der Waals surface area contributed by atoms with Crippen LogP contribution in [0.15, 0.2) is 46.9 Å². The second kappa shape index (κ2) is 9.64. The summed E-state index contributed by atoms with van der Waals surface area (Å²) >= 11 is 5.00. The summed E-state index contributed by atoms with van der Waals surface area (Å²) in [6, 6.07) is 13.6. The van der Waals surface area contributed by atoms with Gasteiger partial charge >= 0.3 is 0 Å². The Morgan fingerprint density at radius 2 is 1.81 bits per heavy atom. The molecule has 0 aliphatic rings. The molecule has 0 unspecified atom stereocenters. The molecule has 0 atom stereocenters. The van der Waals surface area contributed by atoms with Crippen molar-refractivity contribution < 1.29 is 4.79 Å². The van der Waals surface area contributed by atoms with Gasteiger partial charge in [0, 0.05) is 16.6 Å². The molecule has 1 amide bonds.